The van der Waals surface area contributed by atoms with Crippen LogP contribution in [0.1, 0.15) is 34.5 Å². The standard InChI is InChI=1S/C33H31ClIN5O4S/c1-19-12-21(6-7-28(19)35)40-33(36)26(16-37-40)32(41)30-13-20-14-31(25(15-29(20)38-30)24-4-2-3-5-27(24)34)44-23-8-10-39(11-9-23)22-17-45(42,43)18-22/h2-7,12-16,22-23,38H,8-11,17-18,36H2,1H3. The number of aryl methyl sites for hydroxylation is 1. The Morgan fingerprint density at radius 1 is 1.07 bits per heavy atom. The lowest BCUT2D eigenvalue weighted by Crippen LogP contribution is -2.56. The quantitative estimate of drug-likeness (QED) is 0.154. The van der Waals surface area contributed by atoms with Crippen molar-refractivity contribution in [1.29, 1.82) is 0 Å². The van der Waals surface area contributed by atoms with Gasteiger partial charge in [0, 0.05) is 49.8 Å². The van der Waals surface area contributed by atoms with Crippen LogP contribution < -0.4 is 10.5 Å². The summed E-state index contributed by atoms with van der Waals surface area (Å²) >= 11 is 8.93. The van der Waals surface area contributed by atoms with Crippen LogP contribution in [0.5, 0.6) is 5.75 Å². The fourth-order valence-corrected chi connectivity index (χ4v) is 8.27. The summed E-state index contributed by atoms with van der Waals surface area (Å²) < 4.78 is 32.7. The highest BCUT2D eigenvalue weighted by Gasteiger charge is 2.39. The number of aromatic nitrogens is 3. The number of ketones is 1. The molecule has 9 nitrogen and oxygen atoms in total. The van der Waals surface area contributed by atoms with Crippen molar-refractivity contribution in [2.75, 3.05) is 30.3 Å². The first-order valence-electron chi connectivity index (χ1n) is 14.7. The monoisotopic (exact) mass is 755 g/mol. The molecular formula is C33H31ClIN5O4S. The van der Waals surface area contributed by atoms with Gasteiger partial charge in [-0.3, -0.25) is 9.69 Å². The summed E-state index contributed by atoms with van der Waals surface area (Å²) in [6.45, 7) is 3.59. The molecule has 4 heterocycles. The molecule has 0 aliphatic carbocycles. The minimum atomic E-state index is -2.87. The van der Waals surface area contributed by atoms with Crippen LogP contribution in [0, 0.1) is 10.5 Å². The Morgan fingerprint density at radius 2 is 1.82 bits per heavy atom. The fraction of sp³-hybridized carbons (Fsp3) is 0.273. The Bertz CT molecular complexity index is 2050. The lowest BCUT2D eigenvalue weighted by molar-refractivity contribution is 0.0828. The number of carbonyl (C=O) groups excluding carboxylic acids is 1. The molecule has 0 unspecified atom stereocenters. The Kier molecular flexibility index (Phi) is 7.91. The Balaban J connectivity index is 1.18. The number of hydrogen-bond donors (Lipinski definition) is 2. The van der Waals surface area contributed by atoms with E-state index in [9.17, 15) is 13.2 Å². The van der Waals surface area contributed by atoms with E-state index >= 15 is 0 Å². The summed E-state index contributed by atoms with van der Waals surface area (Å²) in [5, 5.41) is 5.83. The minimum Gasteiger partial charge on any atom is -0.490 e. The summed E-state index contributed by atoms with van der Waals surface area (Å²) in [7, 11) is -2.87. The van der Waals surface area contributed by atoms with E-state index in [-0.39, 0.29) is 35.3 Å². The molecule has 0 atom stereocenters. The number of nitrogen functional groups attached to an aromatic ring is 1. The first-order valence-corrected chi connectivity index (χ1v) is 18.0. The van der Waals surface area contributed by atoms with Gasteiger partial charge in [-0.1, -0.05) is 29.8 Å². The molecule has 2 fully saturated rings. The zero-order valence-corrected chi connectivity index (χ0v) is 28.2. The topological polar surface area (TPSA) is 123 Å². The molecule has 12 heteroatoms. The highest BCUT2D eigenvalue weighted by molar-refractivity contribution is 14.1. The highest BCUT2D eigenvalue weighted by atomic mass is 127. The molecule has 5 aromatic rings. The van der Waals surface area contributed by atoms with Gasteiger partial charge in [-0.15, -0.1) is 0 Å². The van der Waals surface area contributed by atoms with Crippen molar-refractivity contribution in [3.8, 4) is 22.6 Å². The summed E-state index contributed by atoms with van der Waals surface area (Å²) in [6, 6.07) is 19.4. The number of nitrogens with zero attached hydrogens (tertiary/aromatic N) is 3. The van der Waals surface area contributed by atoms with Crippen molar-refractivity contribution >= 4 is 66.5 Å². The van der Waals surface area contributed by atoms with E-state index in [1.165, 1.54) is 6.20 Å². The minimum absolute atomic E-state index is 0.0350. The fourth-order valence-electron chi connectivity index (χ4n) is 6.20. The predicted molar refractivity (Wildman–Crippen MR) is 185 cm³/mol. The van der Waals surface area contributed by atoms with Gasteiger partial charge in [0.1, 0.15) is 17.7 Å². The molecular weight excluding hydrogens is 725 g/mol. The number of H-pyrrole nitrogens is 1. The van der Waals surface area contributed by atoms with Gasteiger partial charge in [0.2, 0.25) is 5.78 Å². The number of sulfone groups is 1. The average molecular weight is 756 g/mol. The molecule has 7 rings (SSSR count). The molecule has 0 bridgehead atoms. The molecule has 0 saturated carbocycles. The first kappa shape index (κ1) is 30.3. The summed E-state index contributed by atoms with van der Waals surface area (Å²) in [6.07, 6.45) is 3.05. The van der Waals surface area contributed by atoms with Crippen molar-refractivity contribution in [3.63, 3.8) is 0 Å². The maximum atomic E-state index is 13.7. The Morgan fingerprint density at radius 3 is 2.53 bits per heavy atom. The van der Waals surface area contributed by atoms with Gasteiger partial charge in [-0.2, -0.15) is 5.10 Å². The van der Waals surface area contributed by atoms with Crippen molar-refractivity contribution in [3.05, 3.63) is 92.3 Å². The molecule has 2 aliphatic heterocycles. The number of hydrogen-bond acceptors (Lipinski definition) is 7. The number of nitrogens with two attached hydrogens (primary N) is 1. The Hall–Kier alpha value is -3.39. The van der Waals surface area contributed by atoms with Gasteiger partial charge in [0.25, 0.3) is 0 Å². The van der Waals surface area contributed by atoms with E-state index in [1.807, 2.05) is 67.6 Å². The molecule has 45 heavy (non-hydrogen) atoms. The van der Waals surface area contributed by atoms with E-state index < -0.39 is 9.84 Å². The summed E-state index contributed by atoms with van der Waals surface area (Å²) in [5.74, 6) is 1.19. The maximum absolute atomic E-state index is 13.7. The van der Waals surface area contributed by atoms with Gasteiger partial charge in [0.15, 0.2) is 9.84 Å². The maximum Gasteiger partial charge on any atom is 0.214 e. The van der Waals surface area contributed by atoms with Gasteiger partial charge in [-0.25, -0.2) is 13.1 Å². The van der Waals surface area contributed by atoms with Crippen molar-refractivity contribution in [1.82, 2.24) is 19.7 Å². The number of aromatic amines is 1. The third kappa shape index (κ3) is 5.86. The third-order valence-corrected chi connectivity index (χ3v) is 12.1. The van der Waals surface area contributed by atoms with Gasteiger partial charge < -0.3 is 15.5 Å². The normalized spacial score (nSPS) is 17.4. The number of fused-ring (bicyclic) bond motifs is 1. The summed E-state index contributed by atoms with van der Waals surface area (Å²) in [5.41, 5.74) is 11.5. The lowest BCUT2D eigenvalue weighted by Gasteiger charge is -2.41. The molecule has 0 amide bonds. The van der Waals surface area contributed by atoms with E-state index in [0.29, 0.717) is 22.0 Å². The van der Waals surface area contributed by atoms with Crippen LogP contribution in [0.3, 0.4) is 0 Å². The lowest BCUT2D eigenvalue weighted by atomic mass is 10.0. The number of piperidine rings is 1. The van der Waals surface area contributed by atoms with E-state index in [1.54, 1.807) is 4.68 Å². The average Bonchev–Trinajstić information content (AvgIpc) is 3.60. The third-order valence-electron chi connectivity index (χ3n) is 8.75. The largest absolute Gasteiger partial charge is 0.490 e. The number of benzene rings is 3. The predicted octanol–water partition coefficient (Wildman–Crippen LogP) is 6.04. The van der Waals surface area contributed by atoms with Crippen LogP contribution in [-0.4, -0.2) is 70.6 Å². The zero-order chi connectivity index (χ0) is 31.5. The smallest absolute Gasteiger partial charge is 0.214 e. The number of halogens is 2. The van der Waals surface area contributed by atoms with Gasteiger partial charge in [-0.05, 0) is 90.4 Å². The zero-order valence-electron chi connectivity index (χ0n) is 24.5. The van der Waals surface area contributed by atoms with Gasteiger partial charge >= 0.3 is 0 Å². The van der Waals surface area contributed by atoms with Crippen molar-refractivity contribution in [2.45, 2.75) is 31.9 Å². The van der Waals surface area contributed by atoms with E-state index in [2.05, 4.69) is 37.6 Å². The van der Waals surface area contributed by atoms with E-state index in [4.69, 9.17) is 22.1 Å². The second-order valence-electron chi connectivity index (χ2n) is 11.8. The van der Waals surface area contributed by atoms with Crippen LogP contribution in [0.2, 0.25) is 5.02 Å². The molecule has 2 saturated heterocycles. The number of anilines is 1. The van der Waals surface area contributed by atoms with Crippen LogP contribution in [0.25, 0.3) is 27.7 Å². The van der Waals surface area contributed by atoms with Crippen LogP contribution in [-0.2, 0) is 9.84 Å². The van der Waals surface area contributed by atoms with E-state index in [0.717, 1.165) is 62.8 Å². The number of likely N-dealkylation sites (tertiary alicyclic amines) is 1. The SMILES string of the molecule is Cc1cc(-n2ncc(C(=O)c3cc4cc(OC5CCN(C6CS(=O)(=O)C6)CC5)c(-c5ccccc5Cl)cc4[nH]3)c2N)ccc1I. The van der Waals surface area contributed by atoms with Crippen LogP contribution >= 0.6 is 34.2 Å². The number of ether oxygens (including phenoxy) is 1. The van der Waals surface area contributed by atoms with Crippen LogP contribution in [0.4, 0.5) is 5.82 Å². The molecule has 3 N–H and O–H groups in total. The summed E-state index contributed by atoms with van der Waals surface area (Å²) in [4.78, 5) is 19.3. The molecule has 232 valence electrons. The molecule has 0 radical (unpaired) electrons. The van der Waals surface area contributed by atoms with Crippen molar-refractivity contribution < 1.29 is 17.9 Å². The second-order valence-corrected chi connectivity index (χ2v) is 15.5. The number of rotatable bonds is 7. The molecule has 3 aromatic carbocycles. The van der Waals surface area contributed by atoms with Gasteiger partial charge in [0.05, 0.1) is 34.6 Å². The number of nitrogens with one attached hydrogen (secondary N) is 1. The molecule has 0 spiro atoms. The Labute approximate surface area is 279 Å². The molecule has 2 aliphatic rings. The molecule has 2 aromatic heterocycles. The number of carbonyl (C=O) groups is 1. The first-order chi connectivity index (χ1) is 21.6. The van der Waals surface area contributed by atoms with Crippen LogP contribution in [0.15, 0.2) is 66.9 Å². The van der Waals surface area contributed by atoms with Crippen molar-refractivity contribution in [2.24, 2.45) is 0 Å². The second kappa shape index (κ2) is 11.8. The highest BCUT2D eigenvalue weighted by Crippen LogP contribution is 2.39.